The third-order valence-corrected chi connectivity index (χ3v) is 6.83. The maximum Gasteiger partial charge on any atom is 0.231 e. The quantitative estimate of drug-likeness (QED) is 0.256. The first kappa shape index (κ1) is 27.7. The molecule has 0 aliphatic heterocycles. The second-order valence-electron chi connectivity index (χ2n) is 10.6. The smallest absolute Gasteiger partial charge is 0.231 e. The van der Waals surface area contributed by atoms with Gasteiger partial charge in [-0.25, -0.2) is 9.67 Å². The van der Waals surface area contributed by atoms with Crippen molar-refractivity contribution < 1.29 is 9.47 Å². The summed E-state index contributed by atoms with van der Waals surface area (Å²) in [5.41, 5.74) is 4.16. The molecule has 1 aromatic carbocycles. The molecule has 0 atom stereocenters. The van der Waals surface area contributed by atoms with E-state index in [2.05, 4.69) is 90.1 Å². The van der Waals surface area contributed by atoms with Gasteiger partial charge in [0.2, 0.25) is 17.4 Å². The van der Waals surface area contributed by atoms with Gasteiger partial charge in [-0.2, -0.15) is 5.21 Å². The van der Waals surface area contributed by atoms with Crippen LogP contribution in [-0.4, -0.2) is 54.2 Å². The minimum absolute atomic E-state index is 0.0698. The molecule has 4 rings (SSSR count). The van der Waals surface area contributed by atoms with E-state index in [1.807, 2.05) is 10.7 Å². The van der Waals surface area contributed by atoms with E-state index < -0.39 is 5.79 Å². The van der Waals surface area contributed by atoms with Crippen LogP contribution >= 0.6 is 0 Å². The van der Waals surface area contributed by atoms with Gasteiger partial charge in [0.1, 0.15) is 5.82 Å². The molecule has 1 N–H and O–H groups in total. The summed E-state index contributed by atoms with van der Waals surface area (Å²) in [7, 11) is 3.31. The van der Waals surface area contributed by atoms with Crippen molar-refractivity contribution in [1.29, 1.82) is 0 Å². The molecule has 0 bridgehead atoms. The second kappa shape index (κ2) is 11.6. The lowest BCUT2D eigenvalue weighted by Gasteiger charge is -2.27. The molecule has 0 fully saturated rings. The number of nitrogens with one attached hydrogen (secondary N) is 1. The number of tetrazole rings is 1. The van der Waals surface area contributed by atoms with E-state index in [4.69, 9.17) is 19.6 Å². The van der Waals surface area contributed by atoms with Gasteiger partial charge in [-0.15, -0.1) is 15.3 Å². The number of H-pyrrole nitrogens is 1. The lowest BCUT2D eigenvalue weighted by molar-refractivity contribution is -0.225. The Kier molecular flexibility index (Phi) is 8.42. The van der Waals surface area contributed by atoms with E-state index in [0.29, 0.717) is 24.6 Å². The highest BCUT2D eigenvalue weighted by molar-refractivity contribution is 5.57. The van der Waals surface area contributed by atoms with Gasteiger partial charge < -0.3 is 14.0 Å². The van der Waals surface area contributed by atoms with Crippen LogP contribution in [0.3, 0.4) is 0 Å². The van der Waals surface area contributed by atoms with Crippen LogP contribution in [0.5, 0.6) is 0 Å². The van der Waals surface area contributed by atoms with Crippen molar-refractivity contribution in [2.75, 3.05) is 14.2 Å². The van der Waals surface area contributed by atoms with Gasteiger partial charge in [0, 0.05) is 43.9 Å². The number of hydrogen-bond donors (Lipinski definition) is 1. The van der Waals surface area contributed by atoms with E-state index >= 15 is 0 Å². The molecule has 0 aliphatic carbocycles. The highest BCUT2D eigenvalue weighted by atomic mass is 16.7. The maximum absolute atomic E-state index is 5.79. The molecule has 0 aliphatic rings. The molecule has 4 aromatic rings. The van der Waals surface area contributed by atoms with Crippen LogP contribution in [0.2, 0.25) is 0 Å². The Labute approximate surface area is 224 Å². The molecular weight excluding hydrogens is 480 g/mol. The number of unbranched alkanes of at least 4 members (excludes halogenated alkanes) is 1. The lowest BCUT2D eigenvalue weighted by Crippen LogP contribution is -2.32. The molecule has 0 spiro atoms. The Morgan fingerprint density at radius 2 is 1.68 bits per heavy atom. The van der Waals surface area contributed by atoms with E-state index in [-0.39, 0.29) is 5.41 Å². The van der Waals surface area contributed by atoms with Crippen LogP contribution in [0.1, 0.15) is 83.2 Å². The summed E-state index contributed by atoms with van der Waals surface area (Å²) in [5, 5.41) is 19.6. The number of ether oxygens (including phenoxy) is 2. The topological polar surface area (TPSA) is 109 Å². The molecular formula is C28H40N8O2. The van der Waals surface area contributed by atoms with E-state index in [9.17, 15) is 0 Å². The number of aryl methyl sites for hydroxylation is 1. The van der Waals surface area contributed by atoms with Crippen molar-refractivity contribution >= 4 is 0 Å². The van der Waals surface area contributed by atoms with E-state index in [1.54, 1.807) is 14.2 Å². The Balaban J connectivity index is 1.68. The number of aromatic nitrogens is 8. The molecule has 10 heteroatoms. The number of methoxy groups -OCH3 is 2. The fourth-order valence-electron chi connectivity index (χ4n) is 4.76. The fourth-order valence-corrected chi connectivity index (χ4v) is 4.76. The largest absolute Gasteiger partial charge is 0.347 e. The van der Waals surface area contributed by atoms with Crippen molar-refractivity contribution in [3.8, 4) is 17.2 Å². The molecule has 10 nitrogen and oxygen atoms in total. The van der Waals surface area contributed by atoms with Crippen LogP contribution in [0, 0.1) is 0 Å². The normalized spacial score (nSPS) is 12.4. The summed E-state index contributed by atoms with van der Waals surface area (Å²) >= 11 is 0. The van der Waals surface area contributed by atoms with Gasteiger partial charge in [0.15, 0.2) is 0 Å². The minimum atomic E-state index is -0.936. The zero-order chi connectivity index (χ0) is 27.3. The Morgan fingerprint density at radius 3 is 2.26 bits per heavy atom. The molecule has 3 aromatic heterocycles. The SMILES string of the molecule is CCCCc1nc(C(CCC)(OC)OC)nn1Cc1ccc(-n2c(-c3nn[nH]n3)ccc2C(C)(C)C)cc1. The molecule has 0 unspecified atom stereocenters. The van der Waals surface area contributed by atoms with Gasteiger partial charge in [-0.05, 0) is 41.5 Å². The van der Waals surface area contributed by atoms with Crippen molar-refractivity contribution in [2.45, 2.75) is 84.5 Å². The van der Waals surface area contributed by atoms with E-state index in [1.165, 1.54) is 5.69 Å². The average Bonchev–Trinajstić information content (AvgIpc) is 3.66. The number of rotatable bonds is 12. The maximum atomic E-state index is 5.79. The second-order valence-corrected chi connectivity index (χ2v) is 10.6. The number of aromatic amines is 1. The lowest BCUT2D eigenvalue weighted by atomic mass is 9.92. The number of nitrogens with zero attached hydrogens (tertiary/aromatic N) is 7. The summed E-state index contributed by atoms with van der Waals surface area (Å²) in [6, 6.07) is 12.7. The zero-order valence-corrected chi connectivity index (χ0v) is 23.7. The third kappa shape index (κ3) is 5.56. The van der Waals surface area contributed by atoms with Crippen molar-refractivity contribution in [3.05, 3.63) is 59.3 Å². The molecule has 3 heterocycles. The molecule has 0 radical (unpaired) electrons. The van der Waals surface area contributed by atoms with Crippen LogP contribution in [-0.2, 0) is 33.6 Å². The summed E-state index contributed by atoms with van der Waals surface area (Å²) < 4.78 is 15.8. The van der Waals surface area contributed by atoms with Gasteiger partial charge in [0.05, 0.1) is 12.2 Å². The van der Waals surface area contributed by atoms with Gasteiger partial charge >= 0.3 is 0 Å². The zero-order valence-electron chi connectivity index (χ0n) is 23.7. The summed E-state index contributed by atoms with van der Waals surface area (Å²) in [6.45, 7) is 11.5. The molecule has 0 amide bonds. The predicted molar refractivity (Wildman–Crippen MR) is 146 cm³/mol. The van der Waals surface area contributed by atoms with Crippen molar-refractivity contribution in [1.82, 2.24) is 40.0 Å². The van der Waals surface area contributed by atoms with Crippen molar-refractivity contribution in [2.24, 2.45) is 0 Å². The van der Waals surface area contributed by atoms with Crippen LogP contribution in [0.25, 0.3) is 17.2 Å². The predicted octanol–water partition coefficient (Wildman–Crippen LogP) is 5.18. The molecule has 0 saturated carbocycles. The highest BCUT2D eigenvalue weighted by Crippen LogP contribution is 2.32. The fraction of sp³-hybridized carbons (Fsp3) is 0.536. The first-order chi connectivity index (χ1) is 18.3. The van der Waals surface area contributed by atoms with Gasteiger partial charge in [0.25, 0.3) is 0 Å². The van der Waals surface area contributed by atoms with Crippen LogP contribution < -0.4 is 0 Å². The first-order valence-electron chi connectivity index (χ1n) is 13.4. The number of benzene rings is 1. The minimum Gasteiger partial charge on any atom is -0.347 e. The van der Waals surface area contributed by atoms with Gasteiger partial charge in [-0.3, -0.25) is 0 Å². The van der Waals surface area contributed by atoms with Gasteiger partial charge in [-0.1, -0.05) is 59.6 Å². The van der Waals surface area contributed by atoms with Crippen LogP contribution in [0.4, 0.5) is 0 Å². The molecule has 204 valence electrons. The van der Waals surface area contributed by atoms with Crippen LogP contribution in [0.15, 0.2) is 36.4 Å². The average molecular weight is 521 g/mol. The molecule has 38 heavy (non-hydrogen) atoms. The summed E-state index contributed by atoms with van der Waals surface area (Å²) in [5.74, 6) is 1.15. The highest BCUT2D eigenvalue weighted by Gasteiger charge is 2.36. The Hall–Kier alpha value is -3.37. The summed E-state index contributed by atoms with van der Waals surface area (Å²) in [6.07, 6.45) is 4.55. The van der Waals surface area contributed by atoms with Crippen molar-refractivity contribution in [3.63, 3.8) is 0 Å². The Morgan fingerprint density at radius 1 is 0.947 bits per heavy atom. The first-order valence-corrected chi connectivity index (χ1v) is 13.4. The number of hydrogen-bond acceptors (Lipinski definition) is 7. The monoisotopic (exact) mass is 520 g/mol. The standard InChI is InChI=1S/C28H40N8O2/c1-8-10-11-24-29-26(28(37-6,38-7)18-9-2)32-35(24)19-20-12-14-21(15-13-20)36-22(25-30-33-34-31-25)16-17-23(36)27(3,4)5/h12-17H,8-11,18-19H2,1-7H3,(H,30,31,33,34). The Bertz CT molecular complexity index is 1300. The van der Waals surface area contributed by atoms with E-state index in [0.717, 1.165) is 48.5 Å². The third-order valence-electron chi connectivity index (χ3n) is 6.83. The molecule has 0 saturated heterocycles. The summed E-state index contributed by atoms with van der Waals surface area (Å²) in [4.78, 5) is 4.89.